The van der Waals surface area contributed by atoms with E-state index in [2.05, 4.69) is 0 Å². The summed E-state index contributed by atoms with van der Waals surface area (Å²) < 4.78 is 0. The van der Waals surface area contributed by atoms with Gasteiger partial charge < -0.3 is 10.6 Å². The zero-order valence-corrected chi connectivity index (χ0v) is 12.4. The molecule has 3 rings (SSSR count). The minimum Gasteiger partial charge on any atom is -0.398 e. The van der Waals surface area contributed by atoms with Crippen molar-refractivity contribution < 1.29 is 4.79 Å². The molecule has 1 amide bonds. The Morgan fingerprint density at radius 3 is 2.80 bits per heavy atom. The van der Waals surface area contributed by atoms with Crippen molar-refractivity contribution in [3.63, 3.8) is 0 Å². The molecule has 1 saturated carbocycles. The van der Waals surface area contributed by atoms with Gasteiger partial charge >= 0.3 is 0 Å². The Balaban J connectivity index is 1.87. The summed E-state index contributed by atoms with van der Waals surface area (Å²) in [6, 6.07) is 5.73. The molecule has 0 spiro atoms. The standard InChI is InChI=1S/C16H21ClN2O/c17-15-12(7-3-8-13(15)18)16(20)19-10-4-6-11-5-1-2-9-14(11)19/h3,7-8,11,14H,1-2,4-6,9-10,18H2. The molecule has 0 bridgehead atoms. The van der Waals surface area contributed by atoms with Crippen LogP contribution in [-0.4, -0.2) is 23.4 Å². The average molecular weight is 293 g/mol. The fourth-order valence-corrected chi connectivity index (χ4v) is 3.95. The maximum Gasteiger partial charge on any atom is 0.255 e. The normalized spacial score (nSPS) is 26.1. The third-order valence-corrected chi connectivity index (χ3v) is 5.18. The molecule has 2 atom stereocenters. The van der Waals surface area contributed by atoms with Gasteiger partial charge in [0.1, 0.15) is 0 Å². The van der Waals surface area contributed by atoms with Gasteiger partial charge in [-0.2, -0.15) is 0 Å². The number of amides is 1. The predicted octanol–water partition coefficient (Wildman–Crippen LogP) is 3.72. The van der Waals surface area contributed by atoms with Crippen molar-refractivity contribution in [2.45, 2.75) is 44.6 Å². The maximum absolute atomic E-state index is 12.8. The van der Waals surface area contributed by atoms with Crippen LogP contribution in [0.1, 0.15) is 48.9 Å². The number of carbonyl (C=O) groups is 1. The number of nitrogens with two attached hydrogens (primary N) is 1. The van der Waals surface area contributed by atoms with Crippen LogP contribution in [0.4, 0.5) is 5.69 Å². The first-order valence-electron chi connectivity index (χ1n) is 7.53. The van der Waals surface area contributed by atoms with Crippen molar-refractivity contribution in [1.82, 2.24) is 4.90 Å². The summed E-state index contributed by atoms with van der Waals surface area (Å²) in [5.41, 5.74) is 6.85. The topological polar surface area (TPSA) is 46.3 Å². The largest absolute Gasteiger partial charge is 0.398 e. The van der Waals surface area contributed by atoms with E-state index in [0.29, 0.717) is 28.2 Å². The molecule has 1 saturated heterocycles. The fraction of sp³-hybridized carbons (Fsp3) is 0.562. The quantitative estimate of drug-likeness (QED) is 0.802. The molecule has 108 valence electrons. The Hall–Kier alpha value is -1.22. The van der Waals surface area contributed by atoms with Crippen LogP contribution in [0.25, 0.3) is 0 Å². The first-order chi connectivity index (χ1) is 9.68. The van der Waals surface area contributed by atoms with Crippen LogP contribution in [0.5, 0.6) is 0 Å². The Labute approximate surface area is 125 Å². The summed E-state index contributed by atoms with van der Waals surface area (Å²) in [5, 5.41) is 0.399. The second kappa shape index (κ2) is 5.65. The number of carbonyl (C=O) groups excluding carboxylic acids is 1. The van der Waals surface area contributed by atoms with Gasteiger partial charge in [0.2, 0.25) is 0 Å². The van der Waals surface area contributed by atoms with Crippen molar-refractivity contribution in [2.24, 2.45) is 5.92 Å². The Morgan fingerprint density at radius 2 is 1.95 bits per heavy atom. The van der Waals surface area contributed by atoms with Gasteiger partial charge in [0.25, 0.3) is 5.91 Å². The Bertz CT molecular complexity index is 515. The van der Waals surface area contributed by atoms with Crippen molar-refractivity contribution in [2.75, 3.05) is 12.3 Å². The minimum absolute atomic E-state index is 0.0545. The average Bonchev–Trinajstić information content (AvgIpc) is 2.49. The highest BCUT2D eigenvalue weighted by atomic mass is 35.5. The van der Waals surface area contributed by atoms with E-state index in [4.69, 9.17) is 17.3 Å². The smallest absolute Gasteiger partial charge is 0.255 e. The summed E-state index contributed by atoms with van der Waals surface area (Å²) in [6.45, 7) is 0.852. The SMILES string of the molecule is Nc1cccc(C(=O)N2CCCC3CCCCC32)c1Cl. The van der Waals surface area contributed by atoms with Gasteiger partial charge in [0.05, 0.1) is 16.3 Å². The second-order valence-corrected chi connectivity index (χ2v) is 6.34. The number of anilines is 1. The fourth-order valence-electron chi connectivity index (χ4n) is 3.75. The van der Waals surface area contributed by atoms with E-state index >= 15 is 0 Å². The lowest BCUT2D eigenvalue weighted by molar-refractivity contribution is 0.0391. The number of nitrogen functional groups attached to an aromatic ring is 1. The predicted molar refractivity (Wildman–Crippen MR) is 81.9 cm³/mol. The molecule has 2 N–H and O–H groups in total. The number of likely N-dealkylation sites (tertiary alicyclic amines) is 1. The number of halogens is 1. The van der Waals surface area contributed by atoms with E-state index in [1.807, 2.05) is 4.90 Å². The number of piperidine rings is 1. The zero-order chi connectivity index (χ0) is 14.1. The second-order valence-electron chi connectivity index (χ2n) is 5.96. The summed E-state index contributed by atoms with van der Waals surface area (Å²) in [7, 11) is 0. The first-order valence-corrected chi connectivity index (χ1v) is 7.91. The number of rotatable bonds is 1. The number of benzene rings is 1. The monoisotopic (exact) mass is 292 g/mol. The molecule has 3 nitrogen and oxygen atoms in total. The minimum atomic E-state index is 0.0545. The maximum atomic E-state index is 12.8. The highest BCUT2D eigenvalue weighted by Gasteiger charge is 2.36. The van der Waals surface area contributed by atoms with Crippen LogP contribution < -0.4 is 5.73 Å². The van der Waals surface area contributed by atoms with E-state index in [9.17, 15) is 4.79 Å². The number of hydrogen-bond donors (Lipinski definition) is 1. The lowest BCUT2D eigenvalue weighted by atomic mass is 9.78. The summed E-state index contributed by atoms with van der Waals surface area (Å²) in [5.74, 6) is 0.736. The van der Waals surface area contributed by atoms with Gasteiger partial charge in [-0.1, -0.05) is 30.5 Å². The van der Waals surface area contributed by atoms with Gasteiger partial charge in [-0.25, -0.2) is 0 Å². The first kappa shape index (κ1) is 13.7. The zero-order valence-electron chi connectivity index (χ0n) is 11.6. The molecule has 2 aliphatic rings. The molecule has 1 heterocycles. The molecule has 0 aromatic heterocycles. The van der Waals surface area contributed by atoms with E-state index in [0.717, 1.165) is 19.4 Å². The van der Waals surface area contributed by atoms with Crippen LogP contribution in [0.15, 0.2) is 18.2 Å². The lowest BCUT2D eigenvalue weighted by Crippen LogP contribution is -2.49. The highest BCUT2D eigenvalue weighted by Crippen LogP contribution is 2.36. The van der Waals surface area contributed by atoms with E-state index < -0.39 is 0 Å². The van der Waals surface area contributed by atoms with Crippen molar-refractivity contribution in [3.8, 4) is 0 Å². The summed E-state index contributed by atoms with van der Waals surface area (Å²) >= 11 is 6.21. The molecule has 0 radical (unpaired) electrons. The van der Waals surface area contributed by atoms with E-state index in [-0.39, 0.29) is 5.91 Å². The molecular weight excluding hydrogens is 272 g/mol. The van der Waals surface area contributed by atoms with Gasteiger partial charge in [0.15, 0.2) is 0 Å². The van der Waals surface area contributed by atoms with Crippen molar-refractivity contribution in [3.05, 3.63) is 28.8 Å². The van der Waals surface area contributed by atoms with Gasteiger partial charge in [-0.15, -0.1) is 0 Å². The van der Waals surface area contributed by atoms with Crippen molar-refractivity contribution in [1.29, 1.82) is 0 Å². The molecule has 4 heteroatoms. The van der Waals surface area contributed by atoms with Crippen LogP contribution in [0, 0.1) is 5.92 Å². The number of hydrogen-bond acceptors (Lipinski definition) is 2. The highest BCUT2D eigenvalue weighted by molar-refractivity contribution is 6.36. The molecule has 2 unspecified atom stereocenters. The molecule has 1 aromatic rings. The van der Waals surface area contributed by atoms with Gasteiger partial charge in [-0.05, 0) is 43.7 Å². The van der Waals surface area contributed by atoms with Crippen LogP contribution in [-0.2, 0) is 0 Å². The lowest BCUT2D eigenvalue weighted by Gasteiger charge is -2.44. The van der Waals surface area contributed by atoms with E-state index in [1.54, 1.807) is 18.2 Å². The van der Waals surface area contributed by atoms with Crippen molar-refractivity contribution >= 4 is 23.2 Å². The van der Waals surface area contributed by atoms with Gasteiger partial charge in [-0.3, -0.25) is 4.79 Å². The molecule has 2 fully saturated rings. The molecular formula is C16H21ClN2O. The Morgan fingerprint density at radius 1 is 1.20 bits per heavy atom. The number of nitrogens with zero attached hydrogens (tertiary/aromatic N) is 1. The molecule has 20 heavy (non-hydrogen) atoms. The van der Waals surface area contributed by atoms with Crippen LogP contribution in [0.2, 0.25) is 5.02 Å². The molecule has 1 aliphatic carbocycles. The molecule has 1 aliphatic heterocycles. The number of fused-ring (bicyclic) bond motifs is 1. The van der Waals surface area contributed by atoms with Crippen LogP contribution in [0.3, 0.4) is 0 Å². The summed E-state index contributed by atoms with van der Waals surface area (Å²) in [4.78, 5) is 14.9. The third kappa shape index (κ3) is 2.39. The van der Waals surface area contributed by atoms with Crippen LogP contribution >= 0.6 is 11.6 Å². The van der Waals surface area contributed by atoms with E-state index in [1.165, 1.54) is 25.7 Å². The van der Waals surface area contributed by atoms with Gasteiger partial charge in [0, 0.05) is 12.6 Å². The summed E-state index contributed by atoms with van der Waals surface area (Å²) in [6.07, 6.45) is 7.30. The molecule has 1 aromatic carbocycles. The Kier molecular flexibility index (Phi) is 3.88. The third-order valence-electron chi connectivity index (χ3n) is 4.76.